The molecule has 3 nitrogen and oxygen atoms in total. The zero-order valence-electron chi connectivity index (χ0n) is 11.4. The molecule has 1 aromatic carbocycles. The van der Waals surface area contributed by atoms with Gasteiger partial charge in [-0.15, -0.1) is 0 Å². The molecule has 100 valence electrons. The summed E-state index contributed by atoms with van der Waals surface area (Å²) in [7, 11) is 0. The predicted octanol–water partition coefficient (Wildman–Crippen LogP) is 3.10. The van der Waals surface area contributed by atoms with E-state index in [4.69, 9.17) is 5.73 Å². The van der Waals surface area contributed by atoms with Gasteiger partial charge in [0.05, 0.1) is 0 Å². The zero-order valence-corrected chi connectivity index (χ0v) is 11.4. The average molecular weight is 248 g/mol. The van der Waals surface area contributed by atoms with E-state index >= 15 is 0 Å². The number of carbonyl (C=O) groups excluding carboxylic acids is 1. The zero-order chi connectivity index (χ0) is 13.4. The summed E-state index contributed by atoms with van der Waals surface area (Å²) in [6.07, 6.45) is 4.50. The van der Waals surface area contributed by atoms with Gasteiger partial charge in [-0.2, -0.15) is 0 Å². The largest absolute Gasteiger partial charge is 0.328 e. The number of carbonyl (C=O) groups is 1. The molecular weight excluding hydrogens is 224 g/mol. The van der Waals surface area contributed by atoms with Crippen molar-refractivity contribution in [1.29, 1.82) is 0 Å². The number of anilines is 1. The molecule has 1 aromatic rings. The van der Waals surface area contributed by atoms with Crippen molar-refractivity contribution >= 4 is 11.6 Å². The lowest BCUT2D eigenvalue weighted by molar-refractivity contribution is -0.116. The van der Waals surface area contributed by atoms with Gasteiger partial charge in [0.15, 0.2) is 0 Å². The van der Waals surface area contributed by atoms with Crippen LogP contribution < -0.4 is 11.1 Å². The van der Waals surface area contributed by atoms with Crippen molar-refractivity contribution in [3.05, 3.63) is 29.8 Å². The van der Waals surface area contributed by atoms with Crippen LogP contribution in [0.2, 0.25) is 0 Å². The van der Waals surface area contributed by atoms with E-state index in [1.165, 1.54) is 5.56 Å². The number of aryl methyl sites for hydroxylation is 1. The average Bonchev–Trinajstić information content (AvgIpc) is 2.31. The van der Waals surface area contributed by atoms with Gasteiger partial charge in [-0.1, -0.05) is 25.5 Å². The second kappa shape index (κ2) is 7.88. The number of amides is 1. The van der Waals surface area contributed by atoms with Crippen LogP contribution in [0.1, 0.15) is 45.1 Å². The fourth-order valence-electron chi connectivity index (χ4n) is 1.85. The Hall–Kier alpha value is -1.35. The Morgan fingerprint density at radius 2 is 2.00 bits per heavy atom. The molecule has 0 aliphatic heterocycles. The molecule has 0 aliphatic carbocycles. The first-order chi connectivity index (χ1) is 8.61. The van der Waals surface area contributed by atoms with Gasteiger partial charge in [0.25, 0.3) is 0 Å². The molecule has 1 amide bonds. The molecule has 0 aromatic heterocycles. The Bertz CT molecular complexity index is 357. The van der Waals surface area contributed by atoms with Crippen LogP contribution in [0, 0.1) is 0 Å². The molecule has 0 radical (unpaired) electrons. The first kappa shape index (κ1) is 14.7. The summed E-state index contributed by atoms with van der Waals surface area (Å²) in [5.41, 5.74) is 7.83. The van der Waals surface area contributed by atoms with Crippen LogP contribution in [0.25, 0.3) is 0 Å². The van der Waals surface area contributed by atoms with Gasteiger partial charge in [0.2, 0.25) is 5.91 Å². The summed E-state index contributed by atoms with van der Waals surface area (Å²) in [6.45, 7) is 4.12. The summed E-state index contributed by atoms with van der Waals surface area (Å²) in [4.78, 5) is 11.7. The first-order valence-electron chi connectivity index (χ1n) is 6.76. The highest BCUT2D eigenvalue weighted by atomic mass is 16.1. The molecule has 1 unspecified atom stereocenters. The number of benzene rings is 1. The molecule has 1 atom stereocenters. The molecule has 1 rings (SSSR count). The molecule has 0 heterocycles. The number of nitrogens with one attached hydrogen (secondary N) is 1. The van der Waals surface area contributed by atoms with E-state index < -0.39 is 0 Å². The van der Waals surface area contributed by atoms with Crippen LogP contribution in [0.3, 0.4) is 0 Å². The number of rotatable bonds is 7. The van der Waals surface area contributed by atoms with E-state index in [1.54, 1.807) is 0 Å². The van der Waals surface area contributed by atoms with Crippen molar-refractivity contribution < 1.29 is 4.79 Å². The maximum atomic E-state index is 11.7. The van der Waals surface area contributed by atoms with Gasteiger partial charge in [0.1, 0.15) is 0 Å². The van der Waals surface area contributed by atoms with E-state index in [0.717, 1.165) is 31.4 Å². The van der Waals surface area contributed by atoms with Crippen molar-refractivity contribution in [2.45, 2.75) is 52.0 Å². The van der Waals surface area contributed by atoms with Crippen molar-refractivity contribution in [2.75, 3.05) is 5.32 Å². The Kier molecular flexibility index (Phi) is 6.44. The molecule has 0 bridgehead atoms. The number of nitrogens with two attached hydrogens (primary N) is 1. The van der Waals surface area contributed by atoms with Crippen LogP contribution >= 0.6 is 0 Å². The Balaban J connectivity index is 2.35. The van der Waals surface area contributed by atoms with Gasteiger partial charge < -0.3 is 11.1 Å². The summed E-state index contributed by atoms with van der Waals surface area (Å²) >= 11 is 0. The summed E-state index contributed by atoms with van der Waals surface area (Å²) in [5, 5.41) is 2.91. The molecule has 18 heavy (non-hydrogen) atoms. The number of hydrogen-bond acceptors (Lipinski definition) is 2. The quantitative estimate of drug-likeness (QED) is 0.779. The topological polar surface area (TPSA) is 55.1 Å². The normalized spacial score (nSPS) is 12.2. The standard InChI is InChI=1S/C15H24N2O/c1-3-5-13-8-10-14(11-9-13)17-15(18)7-4-6-12(2)16/h8-12H,3-7,16H2,1-2H3,(H,17,18). The Morgan fingerprint density at radius 1 is 1.33 bits per heavy atom. The molecule has 0 fully saturated rings. The minimum atomic E-state index is 0.0684. The van der Waals surface area contributed by atoms with E-state index in [1.807, 2.05) is 19.1 Å². The maximum absolute atomic E-state index is 11.7. The highest BCUT2D eigenvalue weighted by Crippen LogP contribution is 2.12. The molecule has 0 aliphatic rings. The lowest BCUT2D eigenvalue weighted by Gasteiger charge is -2.07. The molecule has 0 spiro atoms. The molecule has 0 saturated carbocycles. The fourth-order valence-corrected chi connectivity index (χ4v) is 1.85. The highest BCUT2D eigenvalue weighted by molar-refractivity contribution is 5.90. The van der Waals surface area contributed by atoms with E-state index in [-0.39, 0.29) is 11.9 Å². The summed E-state index contributed by atoms with van der Waals surface area (Å²) in [6, 6.07) is 8.25. The third-order valence-electron chi connectivity index (χ3n) is 2.84. The lowest BCUT2D eigenvalue weighted by atomic mass is 10.1. The third kappa shape index (κ3) is 5.82. The Morgan fingerprint density at radius 3 is 2.56 bits per heavy atom. The number of hydrogen-bond donors (Lipinski definition) is 2. The van der Waals surface area contributed by atoms with Crippen molar-refractivity contribution in [2.24, 2.45) is 5.73 Å². The minimum absolute atomic E-state index is 0.0684. The molecule has 3 N–H and O–H groups in total. The lowest BCUT2D eigenvalue weighted by Crippen LogP contribution is -2.16. The first-order valence-corrected chi connectivity index (χ1v) is 6.76. The van der Waals surface area contributed by atoms with Crippen LogP contribution in [0.4, 0.5) is 5.69 Å². The molecular formula is C15H24N2O. The van der Waals surface area contributed by atoms with Gasteiger partial charge in [-0.25, -0.2) is 0 Å². The van der Waals surface area contributed by atoms with Crippen LogP contribution in [-0.4, -0.2) is 11.9 Å². The summed E-state index contributed by atoms with van der Waals surface area (Å²) in [5.74, 6) is 0.0684. The monoisotopic (exact) mass is 248 g/mol. The fraction of sp³-hybridized carbons (Fsp3) is 0.533. The van der Waals surface area contributed by atoms with Gasteiger partial charge in [-0.05, 0) is 43.9 Å². The highest BCUT2D eigenvalue weighted by Gasteiger charge is 2.03. The van der Waals surface area contributed by atoms with Crippen molar-refractivity contribution in [1.82, 2.24) is 0 Å². The maximum Gasteiger partial charge on any atom is 0.224 e. The second-order valence-electron chi connectivity index (χ2n) is 4.86. The predicted molar refractivity (Wildman–Crippen MR) is 76.6 cm³/mol. The Labute approximate surface area is 110 Å². The van der Waals surface area contributed by atoms with Gasteiger partial charge >= 0.3 is 0 Å². The summed E-state index contributed by atoms with van der Waals surface area (Å²) < 4.78 is 0. The van der Waals surface area contributed by atoms with Crippen LogP contribution in [0.15, 0.2) is 24.3 Å². The molecule has 0 saturated heterocycles. The van der Waals surface area contributed by atoms with Crippen molar-refractivity contribution in [3.8, 4) is 0 Å². The SMILES string of the molecule is CCCc1ccc(NC(=O)CCCC(C)N)cc1. The van der Waals surface area contributed by atoms with Crippen molar-refractivity contribution in [3.63, 3.8) is 0 Å². The third-order valence-corrected chi connectivity index (χ3v) is 2.84. The van der Waals surface area contributed by atoms with E-state index in [9.17, 15) is 4.79 Å². The van der Waals surface area contributed by atoms with Crippen LogP contribution in [-0.2, 0) is 11.2 Å². The molecule has 3 heteroatoms. The van der Waals surface area contributed by atoms with E-state index in [0.29, 0.717) is 6.42 Å². The van der Waals surface area contributed by atoms with Gasteiger partial charge in [0, 0.05) is 18.2 Å². The van der Waals surface area contributed by atoms with Crippen LogP contribution in [0.5, 0.6) is 0 Å². The minimum Gasteiger partial charge on any atom is -0.328 e. The van der Waals surface area contributed by atoms with E-state index in [2.05, 4.69) is 24.4 Å². The second-order valence-corrected chi connectivity index (χ2v) is 4.86. The van der Waals surface area contributed by atoms with Gasteiger partial charge in [-0.3, -0.25) is 4.79 Å². The smallest absolute Gasteiger partial charge is 0.224 e.